The van der Waals surface area contributed by atoms with Crippen molar-refractivity contribution in [3.8, 4) is 5.75 Å². The molecule has 3 nitrogen and oxygen atoms in total. The standard InChI is InChI=1S/C18H30N2O/c1-15(2)6-4-13-21-18-8-7-16(3)14-17(18)20-11-5-9-19-10-12-20/h7-8,14-15,19H,4-6,9-13H2,1-3H3. The van der Waals surface area contributed by atoms with Gasteiger partial charge in [0.05, 0.1) is 12.3 Å². The van der Waals surface area contributed by atoms with Crippen molar-refractivity contribution in [3.63, 3.8) is 0 Å². The summed E-state index contributed by atoms with van der Waals surface area (Å²) < 4.78 is 6.07. The van der Waals surface area contributed by atoms with E-state index in [1.54, 1.807) is 0 Å². The fourth-order valence-electron chi connectivity index (χ4n) is 2.76. The largest absolute Gasteiger partial charge is 0.491 e. The van der Waals surface area contributed by atoms with Gasteiger partial charge in [-0.15, -0.1) is 0 Å². The Morgan fingerprint density at radius 1 is 1.24 bits per heavy atom. The molecule has 0 saturated carbocycles. The molecule has 0 amide bonds. The Morgan fingerprint density at radius 2 is 2.10 bits per heavy atom. The molecular weight excluding hydrogens is 260 g/mol. The van der Waals surface area contributed by atoms with Gasteiger partial charge in [-0.25, -0.2) is 0 Å². The Bertz CT molecular complexity index is 423. The predicted octanol–water partition coefficient (Wildman–Crippen LogP) is 3.61. The van der Waals surface area contributed by atoms with E-state index < -0.39 is 0 Å². The number of anilines is 1. The molecule has 0 unspecified atom stereocenters. The van der Waals surface area contributed by atoms with Crippen molar-refractivity contribution in [1.82, 2.24) is 5.32 Å². The van der Waals surface area contributed by atoms with Gasteiger partial charge in [0.25, 0.3) is 0 Å². The Balaban J connectivity index is 2.02. The van der Waals surface area contributed by atoms with Gasteiger partial charge in [-0.3, -0.25) is 0 Å². The second kappa shape index (κ2) is 8.28. The van der Waals surface area contributed by atoms with E-state index in [0.29, 0.717) is 0 Å². The van der Waals surface area contributed by atoms with Crippen LogP contribution in [0.25, 0.3) is 0 Å². The fourth-order valence-corrected chi connectivity index (χ4v) is 2.76. The third kappa shape index (κ3) is 5.24. The smallest absolute Gasteiger partial charge is 0.142 e. The average molecular weight is 290 g/mol. The van der Waals surface area contributed by atoms with Crippen LogP contribution < -0.4 is 15.0 Å². The molecule has 0 aliphatic carbocycles. The van der Waals surface area contributed by atoms with Crippen LogP contribution >= 0.6 is 0 Å². The first kappa shape index (κ1) is 16.2. The minimum Gasteiger partial charge on any atom is -0.491 e. The van der Waals surface area contributed by atoms with Gasteiger partial charge in [0.1, 0.15) is 5.75 Å². The van der Waals surface area contributed by atoms with E-state index in [0.717, 1.165) is 50.9 Å². The van der Waals surface area contributed by atoms with Crippen LogP contribution in [0.15, 0.2) is 18.2 Å². The van der Waals surface area contributed by atoms with Gasteiger partial charge in [0.15, 0.2) is 0 Å². The van der Waals surface area contributed by atoms with E-state index in [2.05, 4.69) is 49.2 Å². The summed E-state index contributed by atoms with van der Waals surface area (Å²) in [5.41, 5.74) is 2.57. The first-order valence-electron chi connectivity index (χ1n) is 8.36. The number of hydrogen-bond donors (Lipinski definition) is 1. The van der Waals surface area contributed by atoms with Crippen LogP contribution in [-0.2, 0) is 0 Å². The summed E-state index contributed by atoms with van der Waals surface area (Å²) in [5.74, 6) is 1.80. The average Bonchev–Trinajstić information content (AvgIpc) is 2.73. The molecule has 1 aromatic carbocycles. The summed E-state index contributed by atoms with van der Waals surface area (Å²) in [6.07, 6.45) is 3.56. The highest BCUT2D eigenvalue weighted by molar-refractivity contribution is 5.60. The molecule has 1 aromatic rings. The zero-order valence-electron chi connectivity index (χ0n) is 13.8. The Labute approximate surface area is 129 Å². The Kier molecular flexibility index (Phi) is 6.37. The Hall–Kier alpha value is -1.22. The molecule has 2 rings (SSSR count). The minimum absolute atomic E-state index is 0.753. The summed E-state index contributed by atoms with van der Waals surface area (Å²) in [5, 5.41) is 3.46. The van der Waals surface area contributed by atoms with E-state index in [1.807, 2.05) is 0 Å². The molecule has 1 saturated heterocycles. The zero-order chi connectivity index (χ0) is 15.1. The molecule has 0 spiro atoms. The third-order valence-corrected chi connectivity index (χ3v) is 3.98. The summed E-state index contributed by atoms with van der Waals surface area (Å²) >= 11 is 0. The molecule has 0 radical (unpaired) electrons. The predicted molar refractivity (Wildman–Crippen MR) is 90.4 cm³/mol. The summed E-state index contributed by atoms with van der Waals surface area (Å²) in [6, 6.07) is 6.55. The van der Waals surface area contributed by atoms with Crippen molar-refractivity contribution < 1.29 is 4.74 Å². The molecule has 3 heteroatoms. The van der Waals surface area contributed by atoms with Gasteiger partial charge in [-0.05, 0) is 56.3 Å². The van der Waals surface area contributed by atoms with E-state index in [9.17, 15) is 0 Å². The molecule has 1 aliphatic rings. The number of hydrogen-bond acceptors (Lipinski definition) is 3. The lowest BCUT2D eigenvalue weighted by Gasteiger charge is -2.25. The minimum atomic E-state index is 0.753. The SMILES string of the molecule is Cc1ccc(OCCCC(C)C)c(N2CCCNCC2)c1. The number of aryl methyl sites for hydroxylation is 1. The van der Waals surface area contributed by atoms with Crippen LogP contribution in [-0.4, -0.2) is 32.8 Å². The zero-order valence-corrected chi connectivity index (χ0v) is 13.8. The molecule has 0 bridgehead atoms. The number of ether oxygens (including phenoxy) is 1. The molecule has 1 heterocycles. The van der Waals surface area contributed by atoms with Gasteiger partial charge < -0.3 is 15.0 Å². The summed E-state index contributed by atoms with van der Waals surface area (Å²) in [6.45, 7) is 11.9. The summed E-state index contributed by atoms with van der Waals surface area (Å²) in [4.78, 5) is 2.46. The van der Waals surface area contributed by atoms with Gasteiger partial charge in [0, 0.05) is 19.6 Å². The Morgan fingerprint density at radius 3 is 2.90 bits per heavy atom. The van der Waals surface area contributed by atoms with Crippen molar-refractivity contribution in [2.45, 2.75) is 40.0 Å². The molecule has 1 N–H and O–H groups in total. The van der Waals surface area contributed by atoms with Crippen molar-refractivity contribution in [2.75, 3.05) is 37.7 Å². The van der Waals surface area contributed by atoms with Gasteiger partial charge >= 0.3 is 0 Å². The number of nitrogens with zero attached hydrogens (tertiary/aromatic N) is 1. The number of nitrogens with one attached hydrogen (secondary N) is 1. The highest BCUT2D eigenvalue weighted by Crippen LogP contribution is 2.30. The summed E-state index contributed by atoms with van der Waals surface area (Å²) in [7, 11) is 0. The van der Waals surface area contributed by atoms with Crippen LogP contribution in [0.1, 0.15) is 38.7 Å². The highest BCUT2D eigenvalue weighted by Gasteiger charge is 2.14. The molecule has 1 fully saturated rings. The first-order chi connectivity index (χ1) is 10.2. The van der Waals surface area contributed by atoms with Crippen molar-refractivity contribution >= 4 is 5.69 Å². The van der Waals surface area contributed by atoms with E-state index in [1.165, 1.54) is 24.1 Å². The maximum absolute atomic E-state index is 6.07. The molecule has 1 aliphatic heterocycles. The normalized spacial score (nSPS) is 16.1. The maximum atomic E-state index is 6.07. The monoisotopic (exact) mass is 290 g/mol. The van der Waals surface area contributed by atoms with Crippen LogP contribution in [0, 0.1) is 12.8 Å². The highest BCUT2D eigenvalue weighted by atomic mass is 16.5. The molecule has 21 heavy (non-hydrogen) atoms. The van der Waals surface area contributed by atoms with Crippen molar-refractivity contribution in [3.05, 3.63) is 23.8 Å². The van der Waals surface area contributed by atoms with Gasteiger partial charge in [-0.1, -0.05) is 19.9 Å². The van der Waals surface area contributed by atoms with Crippen LogP contribution in [0.5, 0.6) is 5.75 Å². The second-order valence-corrected chi connectivity index (χ2v) is 6.45. The van der Waals surface area contributed by atoms with Crippen molar-refractivity contribution in [2.24, 2.45) is 5.92 Å². The lowest BCUT2D eigenvalue weighted by molar-refractivity contribution is 0.298. The number of rotatable bonds is 6. The topological polar surface area (TPSA) is 24.5 Å². The first-order valence-corrected chi connectivity index (χ1v) is 8.36. The molecular formula is C18H30N2O. The van der Waals surface area contributed by atoms with Gasteiger partial charge in [0.2, 0.25) is 0 Å². The molecule has 0 aromatic heterocycles. The second-order valence-electron chi connectivity index (χ2n) is 6.45. The molecule has 0 atom stereocenters. The van der Waals surface area contributed by atoms with Gasteiger partial charge in [-0.2, -0.15) is 0 Å². The third-order valence-electron chi connectivity index (χ3n) is 3.98. The van der Waals surface area contributed by atoms with Crippen LogP contribution in [0.4, 0.5) is 5.69 Å². The van der Waals surface area contributed by atoms with E-state index in [4.69, 9.17) is 4.74 Å². The maximum Gasteiger partial charge on any atom is 0.142 e. The lowest BCUT2D eigenvalue weighted by atomic mass is 10.1. The van der Waals surface area contributed by atoms with Crippen LogP contribution in [0.3, 0.4) is 0 Å². The lowest BCUT2D eigenvalue weighted by Crippen LogP contribution is -2.28. The van der Waals surface area contributed by atoms with E-state index >= 15 is 0 Å². The van der Waals surface area contributed by atoms with Crippen LogP contribution in [0.2, 0.25) is 0 Å². The quantitative estimate of drug-likeness (QED) is 0.810. The van der Waals surface area contributed by atoms with E-state index in [-0.39, 0.29) is 0 Å². The molecule has 118 valence electrons. The number of benzene rings is 1. The van der Waals surface area contributed by atoms with Crippen molar-refractivity contribution in [1.29, 1.82) is 0 Å². The fraction of sp³-hybridized carbons (Fsp3) is 0.667.